The topological polar surface area (TPSA) is 37.8 Å². The molecule has 0 aliphatic carbocycles. The van der Waals surface area contributed by atoms with Gasteiger partial charge in [0.15, 0.2) is 0 Å². The average Bonchev–Trinajstić information content (AvgIpc) is 2.82. The highest BCUT2D eigenvalue weighted by atomic mass is 32.1. The van der Waals surface area contributed by atoms with Gasteiger partial charge >= 0.3 is 0 Å². The van der Waals surface area contributed by atoms with Crippen LogP contribution in [0.5, 0.6) is 0 Å². The van der Waals surface area contributed by atoms with Gasteiger partial charge in [-0.15, -0.1) is 5.10 Å². The second kappa shape index (κ2) is 5.80. The largest absolute Gasteiger partial charge is 0.309 e. The second-order valence-corrected chi connectivity index (χ2v) is 6.04. The molecular weight excluding hydrogens is 254 g/mol. The zero-order chi connectivity index (χ0) is 14.0. The Bertz CT molecular complexity index is 560. The molecule has 1 aromatic carbocycles. The molecular formula is C15H21N3S. The number of hydrogen-bond donors (Lipinski definition) is 1. The van der Waals surface area contributed by atoms with E-state index in [0.717, 1.165) is 5.69 Å². The van der Waals surface area contributed by atoms with Gasteiger partial charge in [0.2, 0.25) is 0 Å². The number of hydrogen-bond acceptors (Lipinski definition) is 4. The second-order valence-electron chi connectivity index (χ2n) is 5.26. The quantitative estimate of drug-likeness (QED) is 0.926. The van der Waals surface area contributed by atoms with Gasteiger partial charge < -0.3 is 5.32 Å². The number of rotatable bonds is 4. The van der Waals surface area contributed by atoms with Crippen molar-refractivity contribution in [2.24, 2.45) is 0 Å². The third-order valence-electron chi connectivity index (χ3n) is 3.37. The van der Waals surface area contributed by atoms with Crippen LogP contribution in [0.1, 0.15) is 53.1 Å². The molecule has 0 saturated carbocycles. The maximum absolute atomic E-state index is 4.29. The van der Waals surface area contributed by atoms with Gasteiger partial charge in [0.1, 0.15) is 0 Å². The van der Waals surface area contributed by atoms with Crippen molar-refractivity contribution in [3.63, 3.8) is 0 Å². The molecule has 0 radical (unpaired) electrons. The summed E-state index contributed by atoms with van der Waals surface area (Å²) in [6.45, 7) is 8.61. The number of benzene rings is 1. The fourth-order valence-corrected chi connectivity index (χ4v) is 3.32. The molecule has 3 nitrogen and oxygen atoms in total. The van der Waals surface area contributed by atoms with Crippen LogP contribution in [-0.2, 0) is 0 Å². The van der Waals surface area contributed by atoms with E-state index in [1.54, 1.807) is 0 Å². The van der Waals surface area contributed by atoms with Gasteiger partial charge in [0, 0.05) is 0 Å². The first-order valence-electron chi connectivity index (χ1n) is 6.61. The lowest BCUT2D eigenvalue weighted by Crippen LogP contribution is -2.19. The van der Waals surface area contributed by atoms with Gasteiger partial charge in [0.25, 0.3) is 0 Å². The standard InChI is InChI=1S/C15H21N3S/c1-9(2)13-15(19-18-17-13)14(16-5)12-7-6-10(3)8-11(12)4/h6-9,14,16H,1-5H3. The third-order valence-corrected chi connectivity index (χ3v) is 4.18. The molecule has 0 spiro atoms. The molecule has 2 aromatic rings. The normalized spacial score (nSPS) is 12.9. The van der Waals surface area contributed by atoms with Crippen LogP contribution >= 0.6 is 11.5 Å². The first-order valence-corrected chi connectivity index (χ1v) is 7.38. The minimum atomic E-state index is 0.179. The average molecular weight is 275 g/mol. The van der Waals surface area contributed by atoms with E-state index in [9.17, 15) is 0 Å². The third kappa shape index (κ3) is 2.85. The SMILES string of the molecule is CNC(c1ccc(C)cc1C)c1snnc1C(C)C. The molecule has 0 bridgehead atoms. The highest BCUT2D eigenvalue weighted by molar-refractivity contribution is 7.05. The predicted octanol–water partition coefficient (Wildman–Crippen LogP) is 3.59. The van der Waals surface area contributed by atoms with Crippen molar-refractivity contribution in [3.8, 4) is 0 Å². The lowest BCUT2D eigenvalue weighted by atomic mass is 9.95. The van der Waals surface area contributed by atoms with Crippen molar-refractivity contribution in [2.45, 2.75) is 39.7 Å². The first kappa shape index (κ1) is 14.2. The monoisotopic (exact) mass is 275 g/mol. The molecule has 19 heavy (non-hydrogen) atoms. The van der Waals surface area contributed by atoms with Crippen molar-refractivity contribution in [2.75, 3.05) is 7.05 Å². The predicted molar refractivity (Wildman–Crippen MR) is 80.8 cm³/mol. The maximum Gasteiger partial charge on any atom is 0.0832 e. The van der Waals surface area contributed by atoms with E-state index in [1.165, 1.54) is 33.1 Å². The summed E-state index contributed by atoms with van der Waals surface area (Å²) in [5, 5.41) is 7.69. The Labute approximate surface area is 119 Å². The molecule has 4 heteroatoms. The van der Waals surface area contributed by atoms with E-state index in [0.29, 0.717) is 5.92 Å². The van der Waals surface area contributed by atoms with E-state index in [-0.39, 0.29) is 6.04 Å². The van der Waals surface area contributed by atoms with Crippen LogP contribution in [0, 0.1) is 13.8 Å². The number of aromatic nitrogens is 2. The Morgan fingerprint density at radius 2 is 1.95 bits per heavy atom. The van der Waals surface area contributed by atoms with E-state index in [2.05, 4.69) is 60.8 Å². The van der Waals surface area contributed by atoms with Crippen LogP contribution < -0.4 is 5.32 Å². The van der Waals surface area contributed by atoms with Crippen molar-refractivity contribution >= 4 is 11.5 Å². The van der Waals surface area contributed by atoms with Gasteiger partial charge in [-0.05, 0) is 49.5 Å². The van der Waals surface area contributed by atoms with Gasteiger partial charge in [-0.25, -0.2) is 0 Å². The Morgan fingerprint density at radius 3 is 2.53 bits per heavy atom. The molecule has 1 aromatic heterocycles. The van der Waals surface area contributed by atoms with Crippen molar-refractivity contribution in [3.05, 3.63) is 45.5 Å². The molecule has 1 unspecified atom stereocenters. The van der Waals surface area contributed by atoms with Crippen molar-refractivity contribution < 1.29 is 0 Å². The van der Waals surface area contributed by atoms with Crippen LogP contribution in [-0.4, -0.2) is 16.6 Å². The van der Waals surface area contributed by atoms with E-state index in [1.807, 2.05) is 7.05 Å². The molecule has 0 amide bonds. The summed E-state index contributed by atoms with van der Waals surface area (Å²) in [5.41, 5.74) is 5.01. The zero-order valence-electron chi connectivity index (χ0n) is 12.2. The Balaban J connectivity index is 2.47. The van der Waals surface area contributed by atoms with Crippen LogP contribution in [0.4, 0.5) is 0 Å². The van der Waals surface area contributed by atoms with Gasteiger partial charge in [0.05, 0.1) is 16.6 Å². The van der Waals surface area contributed by atoms with E-state index < -0.39 is 0 Å². The van der Waals surface area contributed by atoms with Gasteiger partial charge in [-0.2, -0.15) is 0 Å². The van der Waals surface area contributed by atoms with Crippen molar-refractivity contribution in [1.29, 1.82) is 0 Å². The highest BCUT2D eigenvalue weighted by Crippen LogP contribution is 2.32. The summed E-state index contributed by atoms with van der Waals surface area (Å²) >= 11 is 1.49. The van der Waals surface area contributed by atoms with E-state index in [4.69, 9.17) is 0 Å². The Morgan fingerprint density at radius 1 is 1.21 bits per heavy atom. The van der Waals surface area contributed by atoms with Crippen LogP contribution in [0.2, 0.25) is 0 Å². The van der Waals surface area contributed by atoms with Crippen molar-refractivity contribution in [1.82, 2.24) is 14.9 Å². The molecule has 0 fully saturated rings. The molecule has 1 atom stereocenters. The smallest absolute Gasteiger partial charge is 0.0832 e. The minimum absolute atomic E-state index is 0.179. The number of nitrogens with zero attached hydrogens (tertiary/aromatic N) is 2. The summed E-state index contributed by atoms with van der Waals surface area (Å²) < 4.78 is 4.14. The summed E-state index contributed by atoms with van der Waals surface area (Å²) in [5.74, 6) is 0.398. The summed E-state index contributed by atoms with van der Waals surface area (Å²) in [6, 6.07) is 6.77. The molecule has 1 heterocycles. The fraction of sp³-hybridized carbons (Fsp3) is 0.467. The Kier molecular flexibility index (Phi) is 4.32. The number of nitrogens with one attached hydrogen (secondary N) is 1. The lowest BCUT2D eigenvalue weighted by molar-refractivity contribution is 0.675. The Hall–Kier alpha value is -1.26. The molecule has 2 rings (SSSR count). The molecule has 102 valence electrons. The molecule has 1 N–H and O–H groups in total. The number of aryl methyl sites for hydroxylation is 2. The molecule has 0 saturated heterocycles. The molecule has 0 aliphatic heterocycles. The van der Waals surface area contributed by atoms with Crippen LogP contribution in [0.25, 0.3) is 0 Å². The van der Waals surface area contributed by atoms with Gasteiger partial charge in [-0.3, -0.25) is 0 Å². The summed E-state index contributed by atoms with van der Waals surface area (Å²) in [7, 11) is 1.99. The fourth-order valence-electron chi connectivity index (χ4n) is 2.38. The summed E-state index contributed by atoms with van der Waals surface area (Å²) in [6.07, 6.45) is 0. The first-order chi connectivity index (χ1) is 9.04. The van der Waals surface area contributed by atoms with E-state index >= 15 is 0 Å². The highest BCUT2D eigenvalue weighted by Gasteiger charge is 2.22. The van der Waals surface area contributed by atoms with Gasteiger partial charge in [-0.1, -0.05) is 42.1 Å². The van der Waals surface area contributed by atoms with Crippen LogP contribution in [0.15, 0.2) is 18.2 Å². The summed E-state index contributed by atoms with van der Waals surface area (Å²) in [4.78, 5) is 1.23. The lowest BCUT2D eigenvalue weighted by Gasteiger charge is -2.19. The maximum atomic E-state index is 4.29. The molecule has 0 aliphatic rings. The van der Waals surface area contributed by atoms with Crippen LogP contribution in [0.3, 0.4) is 0 Å². The minimum Gasteiger partial charge on any atom is -0.309 e. The zero-order valence-corrected chi connectivity index (χ0v) is 13.0.